The van der Waals surface area contributed by atoms with Crippen LogP contribution in [0.5, 0.6) is 0 Å². The van der Waals surface area contributed by atoms with E-state index in [1.165, 1.54) is 6.92 Å². The Kier molecular flexibility index (Phi) is 5.12. The third-order valence-corrected chi connectivity index (χ3v) is 3.16. The van der Waals surface area contributed by atoms with E-state index in [1.807, 2.05) is 0 Å². The first-order valence-corrected chi connectivity index (χ1v) is 6.77. The van der Waals surface area contributed by atoms with Gasteiger partial charge >= 0.3 is 5.97 Å². The molecule has 0 spiro atoms. The summed E-state index contributed by atoms with van der Waals surface area (Å²) in [5.41, 5.74) is 1.45. The Morgan fingerprint density at radius 1 is 1.35 bits per heavy atom. The van der Waals surface area contributed by atoms with Crippen molar-refractivity contribution in [3.63, 3.8) is 0 Å². The number of rotatable bonds is 5. The van der Waals surface area contributed by atoms with E-state index in [1.54, 1.807) is 24.3 Å². The first-order chi connectivity index (χ1) is 9.65. The fraction of sp³-hybridized carbons (Fsp3) is 0.467. The zero-order valence-electron chi connectivity index (χ0n) is 11.6. The van der Waals surface area contributed by atoms with Crippen LogP contribution in [-0.2, 0) is 20.8 Å². The van der Waals surface area contributed by atoms with Gasteiger partial charge < -0.3 is 14.8 Å². The van der Waals surface area contributed by atoms with Gasteiger partial charge in [-0.15, -0.1) is 0 Å². The summed E-state index contributed by atoms with van der Waals surface area (Å²) in [4.78, 5) is 22.6. The molecule has 1 heterocycles. The van der Waals surface area contributed by atoms with Crippen LogP contribution in [0.2, 0.25) is 0 Å². The maximum atomic E-state index is 11.8. The standard InChI is InChI=1S/C15H19NO4/c1-11(17)16-9-12-4-6-13(7-5-12)15(18)20-10-14-3-2-8-19-14/h4-7,14H,2-3,8-10H2,1H3,(H,16,17). The maximum Gasteiger partial charge on any atom is 0.338 e. The molecule has 1 fully saturated rings. The Balaban J connectivity index is 1.81. The van der Waals surface area contributed by atoms with Crippen molar-refractivity contribution >= 4 is 11.9 Å². The summed E-state index contributed by atoms with van der Waals surface area (Å²) in [6.45, 7) is 2.99. The lowest BCUT2D eigenvalue weighted by molar-refractivity contribution is -0.119. The predicted molar refractivity (Wildman–Crippen MR) is 73.2 cm³/mol. The fourth-order valence-corrected chi connectivity index (χ4v) is 2.01. The van der Waals surface area contributed by atoms with Gasteiger partial charge in [-0.25, -0.2) is 4.79 Å². The molecule has 5 heteroatoms. The lowest BCUT2D eigenvalue weighted by Crippen LogP contribution is -2.19. The summed E-state index contributed by atoms with van der Waals surface area (Å²) in [6, 6.07) is 7.02. The first-order valence-electron chi connectivity index (χ1n) is 6.77. The highest BCUT2D eigenvalue weighted by Gasteiger charge is 2.18. The molecule has 1 aliphatic heterocycles. The molecule has 0 aliphatic carbocycles. The molecular formula is C15H19NO4. The molecule has 0 saturated carbocycles. The Morgan fingerprint density at radius 2 is 2.10 bits per heavy atom. The third-order valence-electron chi connectivity index (χ3n) is 3.16. The number of esters is 1. The lowest BCUT2D eigenvalue weighted by Gasteiger charge is -2.10. The van der Waals surface area contributed by atoms with E-state index >= 15 is 0 Å². The number of carbonyl (C=O) groups is 2. The fourth-order valence-electron chi connectivity index (χ4n) is 2.01. The van der Waals surface area contributed by atoms with Crippen LogP contribution in [0.1, 0.15) is 35.7 Å². The molecule has 20 heavy (non-hydrogen) atoms. The topological polar surface area (TPSA) is 64.6 Å². The summed E-state index contributed by atoms with van der Waals surface area (Å²) >= 11 is 0. The molecule has 5 nitrogen and oxygen atoms in total. The second-order valence-electron chi connectivity index (χ2n) is 4.84. The van der Waals surface area contributed by atoms with Gasteiger partial charge in [-0.1, -0.05) is 12.1 Å². The minimum absolute atomic E-state index is 0.0398. The van der Waals surface area contributed by atoms with Crippen LogP contribution in [0.4, 0.5) is 0 Å². The maximum absolute atomic E-state index is 11.8. The van der Waals surface area contributed by atoms with Gasteiger partial charge in [0.1, 0.15) is 6.61 Å². The normalized spacial score (nSPS) is 17.8. The highest BCUT2D eigenvalue weighted by atomic mass is 16.6. The number of amides is 1. The molecule has 1 unspecified atom stereocenters. The van der Waals surface area contributed by atoms with Crippen LogP contribution < -0.4 is 5.32 Å². The summed E-state index contributed by atoms with van der Waals surface area (Å²) in [5.74, 6) is -0.420. The molecule has 2 rings (SSSR count). The molecule has 0 bridgehead atoms. The highest BCUT2D eigenvalue weighted by molar-refractivity contribution is 5.89. The molecule has 1 aromatic carbocycles. The molecule has 1 atom stereocenters. The molecule has 1 saturated heterocycles. The van der Waals surface area contributed by atoms with E-state index < -0.39 is 0 Å². The Hall–Kier alpha value is -1.88. The number of carbonyl (C=O) groups excluding carboxylic acids is 2. The molecule has 0 aromatic heterocycles. The van der Waals surface area contributed by atoms with Crippen molar-refractivity contribution in [1.82, 2.24) is 5.32 Å². The van der Waals surface area contributed by atoms with Crippen molar-refractivity contribution in [2.45, 2.75) is 32.4 Å². The van der Waals surface area contributed by atoms with E-state index in [9.17, 15) is 9.59 Å². The number of benzene rings is 1. The van der Waals surface area contributed by atoms with Gasteiger partial charge in [-0.2, -0.15) is 0 Å². The van der Waals surface area contributed by atoms with Crippen LogP contribution in [0.3, 0.4) is 0 Å². The summed E-state index contributed by atoms with van der Waals surface area (Å²) < 4.78 is 10.6. The van der Waals surface area contributed by atoms with Crippen LogP contribution >= 0.6 is 0 Å². The summed E-state index contributed by atoms with van der Waals surface area (Å²) in [7, 11) is 0. The third kappa shape index (κ3) is 4.35. The van der Waals surface area contributed by atoms with E-state index in [0.29, 0.717) is 18.7 Å². The molecule has 1 N–H and O–H groups in total. The molecular weight excluding hydrogens is 258 g/mol. The Bertz CT molecular complexity index is 463. The minimum atomic E-state index is -0.341. The van der Waals surface area contributed by atoms with Crippen molar-refractivity contribution in [1.29, 1.82) is 0 Å². The van der Waals surface area contributed by atoms with Gasteiger partial charge in [0.15, 0.2) is 0 Å². The van der Waals surface area contributed by atoms with Gasteiger partial charge in [0, 0.05) is 20.1 Å². The quantitative estimate of drug-likeness (QED) is 0.831. The predicted octanol–water partition coefficient (Wildman–Crippen LogP) is 1.66. The van der Waals surface area contributed by atoms with Crippen LogP contribution in [0.15, 0.2) is 24.3 Å². The number of hydrogen-bond donors (Lipinski definition) is 1. The van der Waals surface area contributed by atoms with E-state index in [0.717, 1.165) is 25.0 Å². The zero-order chi connectivity index (χ0) is 14.4. The van der Waals surface area contributed by atoms with Crippen LogP contribution in [-0.4, -0.2) is 31.2 Å². The number of hydrogen-bond acceptors (Lipinski definition) is 4. The second-order valence-corrected chi connectivity index (χ2v) is 4.84. The van der Waals surface area contributed by atoms with Gasteiger partial charge in [0.05, 0.1) is 11.7 Å². The van der Waals surface area contributed by atoms with E-state index in [-0.39, 0.29) is 18.0 Å². The van der Waals surface area contributed by atoms with E-state index in [4.69, 9.17) is 9.47 Å². The van der Waals surface area contributed by atoms with Gasteiger partial charge in [-0.05, 0) is 30.5 Å². The molecule has 108 valence electrons. The molecule has 1 amide bonds. The smallest absolute Gasteiger partial charge is 0.338 e. The minimum Gasteiger partial charge on any atom is -0.459 e. The van der Waals surface area contributed by atoms with E-state index in [2.05, 4.69) is 5.32 Å². The monoisotopic (exact) mass is 277 g/mol. The van der Waals surface area contributed by atoms with Crippen molar-refractivity contribution in [2.24, 2.45) is 0 Å². The average molecular weight is 277 g/mol. The molecule has 1 aliphatic rings. The summed E-state index contributed by atoms with van der Waals surface area (Å²) in [5, 5.41) is 2.70. The van der Waals surface area contributed by atoms with Crippen molar-refractivity contribution in [2.75, 3.05) is 13.2 Å². The lowest BCUT2D eigenvalue weighted by atomic mass is 10.1. The largest absolute Gasteiger partial charge is 0.459 e. The average Bonchev–Trinajstić information content (AvgIpc) is 2.96. The Morgan fingerprint density at radius 3 is 2.70 bits per heavy atom. The van der Waals surface area contributed by atoms with Crippen molar-refractivity contribution in [3.8, 4) is 0 Å². The molecule has 1 aromatic rings. The van der Waals surface area contributed by atoms with Crippen molar-refractivity contribution < 1.29 is 19.1 Å². The molecule has 0 radical (unpaired) electrons. The van der Waals surface area contributed by atoms with Crippen molar-refractivity contribution in [3.05, 3.63) is 35.4 Å². The number of nitrogens with one attached hydrogen (secondary N) is 1. The second kappa shape index (κ2) is 7.05. The summed E-state index contributed by atoms with van der Waals surface area (Å²) in [6.07, 6.45) is 2.02. The van der Waals surface area contributed by atoms with Gasteiger partial charge in [0.2, 0.25) is 5.91 Å². The highest BCUT2D eigenvalue weighted by Crippen LogP contribution is 2.13. The van der Waals surface area contributed by atoms with Crippen LogP contribution in [0, 0.1) is 0 Å². The zero-order valence-corrected chi connectivity index (χ0v) is 11.6. The first kappa shape index (κ1) is 14.5. The van der Waals surface area contributed by atoms with Gasteiger partial charge in [-0.3, -0.25) is 4.79 Å². The number of ether oxygens (including phenoxy) is 2. The SMILES string of the molecule is CC(=O)NCc1ccc(C(=O)OCC2CCCO2)cc1. The van der Waals surface area contributed by atoms with Gasteiger partial charge in [0.25, 0.3) is 0 Å². The Labute approximate surface area is 118 Å². The van der Waals surface area contributed by atoms with Crippen LogP contribution in [0.25, 0.3) is 0 Å².